The van der Waals surface area contributed by atoms with Crippen molar-refractivity contribution in [3.05, 3.63) is 35.4 Å². The third kappa shape index (κ3) is 4.35. The molecule has 1 aromatic carbocycles. The first-order chi connectivity index (χ1) is 9.61. The summed E-state index contributed by atoms with van der Waals surface area (Å²) in [6, 6.07) is 8.21. The number of nitrogens with two attached hydrogens (primary N) is 1. The molecule has 0 bridgehead atoms. The van der Waals surface area contributed by atoms with Gasteiger partial charge in [-0.3, -0.25) is 4.90 Å². The van der Waals surface area contributed by atoms with E-state index in [0.29, 0.717) is 6.54 Å². The van der Waals surface area contributed by atoms with E-state index in [1.54, 1.807) is 0 Å². The van der Waals surface area contributed by atoms with Gasteiger partial charge in [0.2, 0.25) is 0 Å². The van der Waals surface area contributed by atoms with Gasteiger partial charge in [-0.1, -0.05) is 36.8 Å². The number of aliphatic hydroxyl groups is 1. The summed E-state index contributed by atoms with van der Waals surface area (Å²) in [6.07, 6.45) is 4.15. The molecule has 3 nitrogen and oxygen atoms in total. The molecule has 20 heavy (non-hydrogen) atoms. The highest BCUT2D eigenvalue weighted by atomic mass is 16.3. The minimum atomic E-state index is -0.480. The molecule has 3 heteroatoms. The van der Waals surface area contributed by atoms with Crippen LogP contribution in [-0.4, -0.2) is 35.7 Å². The van der Waals surface area contributed by atoms with Crippen molar-refractivity contribution >= 4 is 0 Å². The molecular formula is C17H24N2O. The zero-order valence-electron chi connectivity index (χ0n) is 12.2. The van der Waals surface area contributed by atoms with E-state index >= 15 is 0 Å². The average molecular weight is 272 g/mol. The van der Waals surface area contributed by atoms with Gasteiger partial charge >= 0.3 is 0 Å². The van der Waals surface area contributed by atoms with Crippen LogP contribution in [0.1, 0.15) is 36.8 Å². The predicted octanol–water partition coefficient (Wildman–Crippen LogP) is 1.73. The third-order valence-electron chi connectivity index (χ3n) is 3.81. The van der Waals surface area contributed by atoms with Crippen LogP contribution in [-0.2, 0) is 6.54 Å². The van der Waals surface area contributed by atoms with E-state index in [1.807, 2.05) is 12.1 Å². The Labute approximate surface area is 121 Å². The van der Waals surface area contributed by atoms with Crippen LogP contribution in [0.3, 0.4) is 0 Å². The fourth-order valence-electron chi connectivity index (χ4n) is 2.96. The average Bonchev–Trinajstić information content (AvgIpc) is 2.83. The Hall–Kier alpha value is -1.34. The summed E-state index contributed by atoms with van der Waals surface area (Å²) in [4.78, 5) is 2.20. The van der Waals surface area contributed by atoms with E-state index in [9.17, 15) is 5.11 Å². The van der Waals surface area contributed by atoms with Crippen molar-refractivity contribution in [3.63, 3.8) is 0 Å². The summed E-state index contributed by atoms with van der Waals surface area (Å²) < 4.78 is 0. The monoisotopic (exact) mass is 272 g/mol. The third-order valence-corrected chi connectivity index (χ3v) is 3.81. The standard InChI is InChI=1S/C17H24N2O/c1-19(14-17(20)9-2-3-10-17)13-16-7-4-6-15(12-16)8-5-11-18/h4,6-7,12,20H,2-3,9-11,13-14,18H2,1H3. The molecule has 108 valence electrons. The highest BCUT2D eigenvalue weighted by Crippen LogP contribution is 2.30. The molecule has 1 fully saturated rings. The summed E-state index contributed by atoms with van der Waals surface area (Å²) >= 11 is 0. The molecule has 0 aromatic heterocycles. The lowest BCUT2D eigenvalue weighted by atomic mass is 10.0. The Morgan fingerprint density at radius 1 is 1.35 bits per heavy atom. The second-order valence-electron chi connectivity index (χ2n) is 5.81. The summed E-state index contributed by atoms with van der Waals surface area (Å²) in [6.45, 7) is 1.96. The lowest BCUT2D eigenvalue weighted by Crippen LogP contribution is -2.38. The Kier molecular flexibility index (Phi) is 5.19. The van der Waals surface area contributed by atoms with Crippen LogP contribution in [0.25, 0.3) is 0 Å². The van der Waals surface area contributed by atoms with Gasteiger partial charge in [0.1, 0.15) is 0 Å². The maximum atomic E-state index is 10.4. The van der Waals surface area contributed by atoms with Gasteiger partial charge < -0.3 is 10.8 Å². The molecule has 0 radical (unpaired) electrons. The SMILES string of the molecule is CN(Cc1cccc(C#CCN)c1)CC1(O)CCCC1. The minimum Gasteiger partial charge on any atom is -0.389 e. The first-order valence-electron chi connectivity index (χ1n) is 7.30. The number of rotatable bonds is 4. The summed E-state index contributed by atoms with van der Waals surface area (Å²) in [7, 11) is 2.06. The van der Waals surface area contributed by atoms with Crippen molar-refractivity contribution in [2.45, 2.75) is 37.8 Å². The van der Waals surface area contributed by atoms with Gasteiger partial charge in [-0.2, -0.15) is 0 Å². The quantitative estimate of drug-likeness (QED) is 0.821. The van der Waals surface area contributed by atoms with Crippen LogP contribution in [0.4, 0.5) is 0 Å². The summed E-state index contributed by atoms with van der Waals surface area (Å²) in [5, 5.41) is 10.4. The fourth-order valence-corrected chi connectivity index (χ4v) is 2.96. The highest BCUT2D eigenvalue weighted by molar-refractivity contribution is 5.37. The zero-order chi connectivity index (χ0) is 14.4. The summed E-state index contributed by atoms with van der Waals surface area (Å²) in [5.74, 6) is 5.93. The molecule has 1 aliphatic carbocycles. The number of likely N-dealkylation sites (N-methyl/N-ethyl adjacent to an activating group) is 1. The second kappa shape index (κ2) is 6.90. The molecule has 0 amide bonds. The molecule has 0 atom stereocenters. The molecule has 0 spiro atoms. The number of hydrogen-bond acceptors (Lipinski definition) is 3. The molecule has 1 aliphatic rings. The maximum absolute atomic E-state index is 10.4. The van der Waals surface area contributed by atoms with Gasteiger partial charge in [-0.05, 0) is 37.6 Å². The Morgan fingerprint density at radius 2 is 2.10 bits per heavy atom. The molecule has 0 saturated heterocycles. The van der Waals surface area contributed by atoms with E-state index in [1.165, 1.54) is 5.56 Å². The molecule has 2 rings (SSSR count). The molecule has 1 aromatic rings. The lowest BCUT2D eigenvalue weighted by Gasteiger charge is -2.28. The van der Waals surface area contributed by atoms with E-state index in [4.69, 9.17) is 5.73 Å². The van der Waals surface area contributed by atoms with Crippen LogP contribution in [0.15, 0.2) is 24.3 Å². The molecule has 1 saturated carbocycles. The number of hydrogen-bond donors (Lipinski definition) is 2. The maximum Gasteiger partial charge on any atom is 0.0774 e. The van der Waals surface area contributed by atoms with Gasteiger partial charge in [0.05, 0.1) is 12.1 Å². The Morgan fingerprint density at radius 3 is 2.80 bits per heavy atom. The van der Waals surface area contributed by atoms with Gasteiger partial charge in [-0.15, -0.1) is 0 Å². The Balaban J connectivity index is 1.95. The molecule has 0 heterocycles. The van der Waals surface area contributed by atoms with E-state index < -0.39 is 5.60 Å². The molecular weight excluding hydrogens is 248 g/mol. The van der Waals surface area contributed by atoms with Crippen molar-refractivity contribution in [1.82, 2.24) is 4.90 Å². The van der Waals surface area contributed by atoms with Crippen molar-refractivity contribution in [3.8, 4) is 11.8 Å². The van der Waals surface area contributed by atoms with Crippen LogP contribution >= 0.6 is 0 Å². The number of nitrogens with zero attached hydrogens (tertiary/aromatic N) is 1. The molecule has 0 aliphatic heterocycles. The van der Waals surface area contributed by atoms with Crippen molar-refractivity contribution in [1.29, 1.82) is 0 Å². The van der Waals surface area contributed by atoms with Gasteiger partial charge in [0, 0.05) is 18.7 Å². The van der Waals surface area contributed by atoms with Crippen molar-refractivity contribution < 1.29 is 5.11 Å². The smallest absolute Gasteiger partial charge is 0.0774 e. The predicted molar refractivity (Wildman–Crippen MR) is 82.1 cm³/mol. The topological polar surface area (TPSA) is 49.5 Å². The molecule has 0 unspecified atom stereocenters. The largest absolute Gasteiger partial charge is 0.389 e. The highest BCUT2D eigenvalue weighted by Gasteiger charge is 2.31. The van der Waals surface area contributed by atoms with Crippen LogP contribution < -0.4 is 5.73 Å². The number of benzene rings is 1. The van der Waals surface area contributed by atoms with Gasteiger partial charge in [0.15, 0.2) is 0 Å². The Bertz CT molecular complexity index is 495. The molecule has 3 N–H and O–H groups in total. The van der Waals surface area contributed by atoms with E-state index in [2.05, 4.69) is 35.9 Å². The lowest BCUT2D eigenvalue weighted by molar-refractivity contribution is 0.0145. The first kappa shape index (κ1) is 15.1. The van der Waals surface area contributed by atoms with Gasteiger partial charge in [0.25, 0.3) is 0 Å². The van der Waals surface area contributed by atoms with Crippen LogP contribution in [0.5, 0.6) is 0 Å². The van der Waals surface area contributed by atoms with E-state index in [0.717, 1.165) is 44.3 Å². The van der Waals surface area contributed by atoms with Crippen molar-refractivity contribution in [2.24, 2.45) is 5.73 Å². The minimum absolute atomic E-state index is 0.386. The van der Waals surface area contributed by atoms with Gasteiger partial charge in [-0.25, -0.2) is 0 Å². The zero-order valence-corrected chi connectivity index (χ0v) is 12.2. The normalized spacial score (nSPS) is 17.0. The fraction of sp³-hybridized carbons (Fsp3) is 0.529. The van der Waals surface area contributed by atoms with Crippen LogP contribution in [0.2, 0.25) is 0 Å². The first-order valence-corrected chi connectivity index (χ1v) is 7.30. The second-order valence-corrected chi connectivity index (χ2v) is 5.81. The van der Waals surface area contributed by atoms with Crippen molar-refractivity contribution in [2.75, 3.05) is 20.1 Å². The van der Waals surface area contributed by atoms with Crippen LogP contribution in [0, 0.1) is 11.8 Å². The van der Waals surface area contributed by atoms with E-state index in [-0.39, 0.29) is 0 Å². The summed E-state index contributed by atoms with van der Waals surface area (Å²) in [5.41, 5.74) is 7.13.